The molecule has 0 amide bonds. The highest BCUT2D eigenvalue weighted by Crippen LogP contribution is 2.29. The largest absolute Gasteiger partial charge is 0.302 e. The van der Waals surface area contributed by atoms with E-state index in [2.05, 4.69) is 61.5 Å². The van der Waals surface area contributed by atoms with Gasteiger partial charge in [0, 0.05) is 11.9 Å². The van der Waals surface area contributed by atoms with Crippen LogP contribution in [-0.2, 0) is 0 Å². The average Bonchev–Trinajstić information content (AvgIpc) is 2.35. The summed E-state index contributed by atoms with van der Waals surface area (Å²) in [6.07, 6.45) is 0.975. The minimum atomic E-state index is 0.388. The Morgan fingerprint density at radius 1 is 1.06 bits per heavy atom. The van der Waals surface area contributed by atoms with E-state index in [1.165, 1.54) is 16.3 Å². The number of nitrogens with zero attached hydrogens (tertiary/aromatic N) is 1. The molecule has 0 saturated heterocycles. The van der Waals surface area contributed by atoms with E-state index < -0.39 is 0 Å². The van der Waals surface area contributed by atoms with E-state index >= 15 is 0 Å². The Balaban J connectivity index is 2.52. The van der Waals surface area contributed by atoms with Crippen LogP contribution in [0.1, 0.15) is 18.0 Å². The van der Waals surface area contributed by atoms with E-state index in [1.54, 1.807) is 0 Å². The lowest BCUT2D eigenvalue weighted by molar-refractivity contribution is 0.295. The maximum Gasteiger partial charge on any atom is 0.0359 e. The van der Waals surface area contributed by atoms with E-state index in [1.807, 2.05) is 0 Å². The summed E-state index contributed by atoms with van der Waals surface area (Å²) in [5, 5.41) is 2.63. The first kappa shape index (κ1) is 12.4. The van der Waals surface area contributed by atoms with Gasteiger partial charge in [0.15, 0.2) is 0 Å². The number of benzene rings is 2. The molecule has 0 aromatic heterocycles. The average molecular weight is 248 g/mol. The Labute approximate surface area is 108 Å². The quantitative estimate of drug-likeness (QED) is 0.737. The van der Waals surface area contributed by atoms with Gasteiger partial charge in [0.05, 0.1) is 0 Å². The van der Waals surface area contributed by atoms with Crippen LogP contribution in [0.5, 0.6) is 0 Å². The molecule has 17 heavy (non-hydrogen) atoms. The minimum Gasteiger partial charge on any atom is -0.302 e. The first-order chi connectivity index (χ1) is 8.24. The molecule has 0 heterocycles. The van der Waals surface area contributed by atoms with Crippen LogP contribution < -0.4 is 0 Å². The third-order valence-corrected chi connectivity index (χ3v) is 3.41. The molecule has 2 aromatic carbocycles. The van der Waals surface area contributed by atoms with E-state index in [-0.39, 0.29) is 0 Å². The molecule has 1 unspecified atom stereocenters. The number of fused-ring (bicyclic) bond motifs is 1. The van der Waals surface area contributed by atoms with E-state index in [4.69, 9.17) is 11.6 Å². The molecular weight excluding hydrogens is 230 g/mol. The van der Waals surface area contributed by atoms with Gasteiger partial charge in [-0.2, -0.15) is 0 Å². The van der Waals surface area contributed by atoms with Gasteiger partial charge in [0.1, 0.15) is 0 Å². The fourth-order valence-corrected chi connectivity index (χ4v) is 2.54. The van der Waals surface area contributed by atoms with Gasteiger partial charge in [-0.15, -0.1) is 11.6 Å². The van der Waals surface area contributed by atoms with E-state index in [0.717, 1.165) is 6.42 Å². The first-order valence-electron chi connectivity index (χ1n) is 5.94. The molecule has 90 valence electrons. The third-order valence-electron chi connectivity index (χ3n) is 3.19. The van der Waals surface area contributed by atoms with Crippen LogP contribution in [0, 0.1) is 0 Å². The second-order valence-electron chi connectivity index (χ2n) is 4.53. The molecule has 0 spiro atoms. The van der Waals surface area contributed by atoms with E-state index in [9.17, 15) is 0 Å². The summed E-state index contributed by atoms with van der Waals surface area (Å²) >= 11 is 5.91. The zero-order valence-electron chi connectivity index (χ0n) is 10.4. The fourth-order valence-electron chi connectivity index (χ4n) is 2.34. The van der Waals surface area contributed by atoms with Gasteiger partial charge in [0.25, 0.3) is 0 Å². The zero-order valence-corrected chi connectivity index (χ0v) is 11.1. The van der Waals surface area contributed by atoms with Crippen LogP contribution in [0.2, 0.25) is 0 Å². The van der Waals surface area contributed by atoms with Crippen LogP contribution >= 0.6 is 11.6 Å². The predicted octanol–water partition coefficient (Wildman–Crippen LogP) is 4.07. The molecule has 0 bridgehead atoms. The van der Waals surface area contributed by atoms with Gasteiger partial charge < -0.3 is 4.90 Å². The summed E-state index contributed by atoms with van der Waals surface area (Å²) in [6, 6.07) is 15.4. The molecule has 1 atom stereocenters. The van der Waals surface area contributed by atoms with Gasteiger partial charge in [0.2, 0.25) is 0 Å². The lowest BCUT2D eigenvalue weighted by Crippen LogP contribution is -2.20. The summed E-state index contributed by atoms with van der Waals surface area (Å²) in [5.41, 5.74) is 1.37. The van der Waals surface area contributed by atoms with Crippen LogP contribution in [0.15, 0.2) is 42.5 Å². The van der Waals surface area contributed by atoms with Crippen molar-refractivity contribution in [3.05, 3.63) is 48.0 Å². The highest BCUT2D eigenvalue weighted by atomic mass is 35.5. The van der Waals surface area contributed by atoms with Crippen molar-refractivity contribution in [1.29, 1.82) is 0 Å². The van der Waals surface area contributed by atoms with Gasteiger partial charge in [-0.05, 0) is 36.9 Å². The van der Waals surface area contributed by atoms with Crippen molar-refractivity contribution in [2.45, 2.75) is 12.5 Å². The highest BCUT2D eigenvalue weighted by Gasteiger charge is 2.15. The normalized spacial score (nSPS) is 13.2. The van der Waals surface area contributed by atoms with Gasteiger partial charge in [-0.25, -0.2) is 0 Å². The summed E-state index contributed by atoms with van der Waals surface area (Å²) < 4.78 is 0. The van der Waals surface area contributed by atoms with Gasteiger partial charge >= 0.3 is 0 Å². The van der Waals surface area contributed by atoms with Crippen molar-refractivity contribution in [2.75, 3.05) is 20.0 Å². The maximum atomic E-state index is 5.91. The summed E-state index contributed by atoms with van der Waals surface area (Å²) in [5.74, 6) is 0.687. The Morgan fingerprint density at radius 3 is 2.47 bits per heavy atom. The zero-order chi connectivity index (χ0) is 12.3. The smallest absolute Gasteiger partial charge is 0.0359 e. The van der Waals surface area contributed by atoms with Crippen molar-refractivity contribution in [2.24, 2.45) is 0 Å². The topological polar surface area (TPSA) is 3.24 Å². The van der Waals surface area contributed by atoms with Crippen molar-refractivity contribution in [1.82, 2.24) is 4.90 Å². The number of hydrogen-bond acceptors (Lipinski definition) is 1. The lowest BCUT2D eigenvalue weighted by Gasteiger charge is -2.25. The lowest BCUT2D eigenvalue weighted by atomic mass is 9.96. The van der Waals surface area contributed by atoms with Gasteiger partial charge in [-0.1, -0.05) is 42.5 Å². The number of hydrogen-bond donors (Lipinski definition) is 0. The molecule has 2 heteroatoms. The van der Waals surface area contributed by atoms with Crippen LogP contribution in [0.3, 0.4) is 0 Å². The summed E-state index contributed by atoms with van der Waals surface area (Å²) in [4.78, 5) is 2.24. The maximum absolute atomic E-state index is 5.91. The molecule has 2 aromatic rings. The summed E-state index contributed by atoms with van der Waals surface area (Å²) in [6.45, 7) is 0. The third kappa shape index (κ3) is 2.62. The molecular formula is C15H18ClN. The standard InChI is InChI=1S/C15H18ClN/c1-17(2)15(10-11-16)14-9-5-7-12-6-3-4-8-13(12)14/h3-9,15H,10-11H2,1-2H3. The van der Waals surface area contributed by atoms with Crippen molar-refractivity contribution in [3.8, 4) is 0 Å². The Hall–Kier alpha value is -1.05. The van der Waals surface area contributed by atoms with Gasteiger partial charge in [-0.3, -0.25) is 0 Å². The second-order valence-corrected chi connectivity index (χ2v) is 4.90. The molecule has 0 aliphatic carbocycles. The molecule has 0 fully saturated rings. The second kappa shape index (κ2) is 5.52. The minimum absolute atomic E-state index is 0.388. The Morgan fingerprint density at radius 2 is 1.76 bits per heavy atom. The van der Waals surface area contributed by atoms with Crippen molar-refractivity contribution in [3.63, 3.8) is 0 Å². The van der Waals surface area contributed by atoms with Crippen LogP contribution in [0.4, 0.5) is 0 Å². The number of halogens is 1. The predicted molar refractivity (Wildman–Crippen MR) is 75.7 cm³/mol. The number of rotatable bonds is 4. The Bertz CT molecular complexity index is 488. The van der Waals surface area contributed by atoms with E-state index in [0.29, 0.717) is 11.9 Å². The molecule has 2 rings (SSSR count). The molecule has 0 N–H and O–H groups in total. The molecule has 0 saturated carbocycles. The van der Waals surface area contributed by atoms with Crippen LogP contribution in [0.25, 0.3) is 10.8 Å². The first-order valence-corrected chi connectivity index (χ1v) is 6.47. The molecule has 1 nitrogen and oxygen atoms in total. The van der Waals surface area contributed by atoms with Crippen molar-refractivity contribution < 1.29 is 0 Å². The highest BCUT2D eigenvalue weighted by molar-refractivity contribution is 6.17. The fraction of sp³-hybridized carbons (Fsp3) is 0.333. The molecule has 0 aliphatic heterocycles. The molecule has 0 aliphatic rings. The van der Waals surface area contributed by atoms with Crippen LogP contribution in [-0.4, -0.2) is 24.9 Å². The molecule has 0 radical (unpaired) electrons. The Kier molecular flexibility index (Phi) is 4.03. The monoisotopic (exact) mass is 247 g/mol. The SMILES string of the molecule is CN(C)C(CCCl)c1cccc2ccccc12. The van der Waals surface area contributed by atoms with Crippen molar-refractivity contribution >= 4 is 22.4 Å². The number of alkyl halides is 1. The summed E-state index contributed by atoms with van der Waals surface area (Å²) in [7, 11) is 4.22.